The minimum Gasteiger partial charge on any atom is -0.478 e. The Balaban J connectivity index is 4.61. The van der Waals surface area contributed by atoms with Crippen LogP contribution < -0.4 is 5.32 Å². The Kier molecular flexibility index (Phi) is 4.91. The van der Waals surface area contributed by atoms with Gasteiger partial charge in [0.15, 0.2) is 0 Å². The third kappa shape index (κ3) is 4.87. The van der Waals surface area contributed by atoms with Crippen LogP contribution >= 0.6 is 0 Å². The second kappa shape index (κ2) is 5.69. The van der Waals surface area contributed by atoms with Crippen molar-refractivity contribution in [2.24, 2.45) is 4.99 Å². The minimum atomic E-state index is -1.02. The van der Waals surface area contributed by atoms with Crippen LogP contribution in [-0.2, 0) is 9.59 Å². The first kappa shape index (κ1) is 12.1. The molecule has 0 fully saturated rings. The highest BCUT2D eigenvalue weighted by Crippen LogP contribution is 1.96. The molecule has 0 saturated heterocycles. The topological polar surface area (TPSA) is 78.8 Å². The SMILES string of the molecule is C=N/C(=C\C=C(/C)C(=O)O)NC(C)=O. The second-order valence-corrected chi connectivity index (χ2v) is 2.55. The summed E-state index contributed by atoms with van der Waals surface area (Å²) in [5.74, 6) is -1.09. The van der Waals surface area contributed by atoms with Crippen LogP contribution in [0, 0.1) is 0 Å². The van der Waals surface area contributed by atoms with Crippen molar-refractivity contribution >= 4 is 18.6 Å². The number of carbonyl (C=O) groups excluding carboxylic acids is 1. The number of hydrogen-bond acceptors (Lipinski definition) is 3. The molecular formula is C9H12N2O3. The molecule has 0 aliphatic rings. The molecular weight excluding hydrogens is 184 g/mol. The van der Waals surface area contributed by atoms with Gasteiger partial charge in [0, 0.05) is 12.5 Å². The summed E-state index contributed by atoms with van der Waals surface area (Å²) >= 11 is 0. The molecule has 2 N–H and O–H groups in total. The van der Waals surface area contributed by atoms with Gasteiger partial charge < -0.3 is 10.4 Å². The Morgan fingerprint density at radius 1 is 1.36 bits per heavy atom. The molecule has 0 aromatic carbocycles. The summed E-state index contributed by atoms with van der Waals surface area (Å²) in [6.07, 6.45) is 2.71. The third-order valence-corrected chi connectivity index (χ3v) is 1.30. The number of aliphatic imine (C=N–C) groups is 1. The molecule has 14 heavy (non-hydrogen) atoms. The van der Waals surface area contributed by atoms with Crippen molar-refractivity contribution in [1.29, 1.82) is 0 Å². The Morgan fingerprint density at radius 2 is 1.93 bits per heavy atom. The molecule has 0 bridgehead atoms. The summed E-state index contributed by atoms with van der Waals surface area (Å²) in [5.41, 5.74) is 0.150. The number of hydrogen-bond donors (Lipinski definition) is 2. The molecule has 0 aromatic rings. The van der Waals surface area contributed by atoms with Gasteiger partial charge in [0.05, 0.1) is 0 Å². The molecule has 0 rings (SSSR count). The molecule has 76 valence electrons. The number of nitrogens with zero attached hydrogens (tertiary/aromatic N) is 1. The van der Waals surface area contributed by atoms with Crippen LogP contribution in [0.5, 0.6) is 0 Å². The Hall–Kier alpha value is -1.91. The van der Waals surface area contributed by atoms with Crippen molar-refractivity contribution in [1.82, 2.24) is 5.32 Å². The number of carbonyl (C=O) groups is 2. The number of carboxylic acids is 1. The van der Waals surface area contributed by atoms with E-state index in [1.54, 1.807) is 0 Å². The lowest BCUT2D eigenvalue weighted by atomic mass is 10.3. The number of allylic oxidation sites excluding steroid dienone is 2. The molecule has 5 heteroatoms. The normalized spacial score (nSPS) is 12.1. The first-order chi connectivity index (χ1) is 6.47. The van der Waals surface area contributed by atoms with Crippen molar-refractivity contribution < 1.29 is 14.7 Å². The first-order valence-corrected chi connectivity index (χ1v) is 3.83. The molecule has 0 unspecified atom stereocenters. The molecule has 0 atom stereocenters. The Morgan fingerprint density at radius 3 is 2.29 bits per heavy atom. The van der Waals surface area contributed by atoms with Gasteiger partial charge in [-0.2, -0.15) is 0 Å². The third-order valence-electron chi connectivity index (χ3n) is 1.30. The van der Waals surface area contributed by atoms with Crippen molar-refractivity contribution in [3.63, 3.8) is 0 Å². The highest BCUT2D eigenvalue weighted by Gasteiger charge is 1.98. The zero-order valence-corrected chi connectivity index (χ0v) is 8.07. The quantitative estimate of drug-likeness (QED) is 0.394. The van der Waals surface area contributed by atoms with Crippen molar-refractivity contribution in [3.8, 4) is 0 Å². The summed E-state index contributed by atoms with van der Waals surface area (Å²) in [6.45, 7) is 5.99. The summed E-state index contributed by atoms with van der Waals surface area (Å²) < 4.78 is 0. The van der Waals surface area contributed by atoms with Crippen molar-refractivity contribution in [3.05, 3.63) is 23.5 Å². The van der Waals surface area contributed by atoms with Crippen LogP contribution in [0.4, 0.5) is 0 Å². The van der Waals surface area contributed by atoms with E-state index < -0.39 is 5.97 Å². The maximum atomic E-state index is 10.6. The maximum absolute atomic E-state index is 10.6. The van der Waals surface area contributed by atoms with Crippen LogP contribution in [0.3, 0.4) is 0 Å². The molecule has 0 spiro atoms. The monoisotopic (exact) mass is 196 g/mol. The van der Waals surface area contributed by atoms with Crippen molar-refractivity contribution in [2.45, 2.75) is 13.8 Å². The smallest absolute Gasteiger partial charge is 0.331 e. The van der Waals surface area contributed by atoms with Gasteiger partial charge in [-0.1, -0.05) is 0 Å². The van der Waals surface area contributed by atoms with E-state index in [0.717, 1.165) is 0 Å². The largest absolute Gasteiger partial charge is 0.478 e. The fourth-order valence-corrected chi connectivity index (χ4v) is 0.589. The number of rotatable bonds is 4. The number of nitrogens with one attached hydrogen (secondary N) is 1. The lowest BCUT2D eigenvalue weighted by Gasteiger charge is -1.99. The average Bonchev–Trinajstić information content (AvgIpc) is 2.10. The van der Waals surface area contributed by atoms with Crippen molar-refractivity contribution in [2.75, 3.05) is 0 Å². The van der Waals surface area contributed by atoms with Crippen LogP contribution in [0.15, 0.2) is 28.5 Å². The standard InChI is InChI=1S/C9H12N2O3/c1-6(9(13)14)4-5-8(10-3)11-7(2)12/h4-5H,3H2,1-2H3,(H,11,12)(H,13,14)/b6-4+,8-5+. The molecule has 0 heterocycles. The fraction of sp³-hybridized carbons (Fsp3) is 0.222. The minimum absolute atomic E-state index is 0.150. The first-order valence-electron chi connectivity index (χ1n) is 3.83. The maximum Gasteiger partial charge on any atom is 0.331 e. The number of carboxylic acid groups (broad SMARTS) is 1. The van der Waals surface area contributed by atoms with Gasteiger partial charge in [0.1, 0.15) is 5.82 Å². The summed E-state index contributed by atoms with van der Waals surface area (Å²) in [4.78, 5) is 24.5. The highest BCUT2D eigenvalue weighted by atomic mass is 16.4. The van der Waals surface area contributed by atoms with Gasteiger partial charge in [-0.25, -0.2) is 9.79 Å². The fourth-order valence-electron chi connectivity index (χ4n) is 0.589. The van der Waals surface area contributed by atoms with Crippen LogP contribution in [0.25, 0.3) is 0 Å². The summed E-state index contributed by atoms with van der Waals surface area (Å²) in [5, 5.41) is 10.9. The molecule has 5 nitrogen and oxygen atoms in total. The van der Waals surface area contributed by atoms with Gasteiger partial charge in [-0.3, -0.25) is 4.79 Å². The Labute approximate surface area is 81.8 Å². The van der Waals surface area contributed by atoms with E-state index in [-0.39, 0.29) is 17.3 Å². The predicted molar refractivity (Wildman–Crippen MR) is 52.8 cm³/mol. The number of amides is 1. The van der Waals surface area contributed by atoms with Crippen LogP contribution in [-0.4, -0.2) is 23.7 Å². The van der Waals surface area contributed by atoms with E-state index in [1.165, 1.54) is 26.0 Å². The molecule has 0 aliphatic heterocycles. The van der Waals surface area contributed by atoms with E-state index in [9.17, 15) is 9.59 Å². The van der Waals surface area contributed by atoms with Gasteiger partial charge in [-0.15, -0.1) is 0 Å². The average molecular weight is 196 g/mol. The lowest BCUT2D eigenvalue weighted by Crippen LogP contribution is -2.17. The van der Waals surface area contributed by atoms with E-state index in [2.05, 4.69) is 17.0 Å². The van der Waals surface area contributed by atoms with E-state index >= 15 is 0 Å². The molecule has 0 aliphatic carbocycles. The van der Waals surface area contributed by atoms with Gasteiger partial charge in [0.2, 0.25) is 5.91 Å². The zero-order chi connectivity index (χ0) is 11.1. The molecule has 1 amide bonds. The van der Waals surface area contributed by atoms with Gasteiger partial charge >= 0.3 is 5.97 Å². The summed E-state index contributed by atoms with van der Waals surface area (Å²) in [6, 6.07) is 0. The molecule has 0 saturated carbocycles. The summed E-state index contributed by atoms with van der Waals surface area (Å²) in [7, 11) is 0. The number of aliphatic carboxylic acids is 1. The van der Waals surface area contributed by atoms with E-state index in [0.29, 0.717) is 0 Å². The van der Waals surface area contributed by atoms with E-state index in [1.807, 2.05) is 0 Å². The predicted octanol–water partition coefficient (Wildman–Crippen LogP) is 0.695. The van der Waals surface area contributed by atoms with Crippen LogP contribution in [0.1, 0.15) is 13.8 Å². The van der Waals surface area contributed by atoms with Crippen LogP contribution in [0.2, 0.25) is 0 Å². The highest BCUT2D eigenvalue weighted by molar-refractivity contribution is 5.86. The second-order valence-electron chi connectivity index (χ2n) is 2.55. The molecule has 0 radical (unpaired) electrons. The Bertz CT molecular complexity index is 316. The van der Waals surface area contributed by atoms with Gasteiger partial charge in [0.25, 0.3) is 0 Å². The lowest BCUT2D eigenvalue weighted by molar-refractivity contribution is -0.132. The molecule has 0 aromatic heterocycles. The zero-order valence-electron chi connectivity index (χ0n) is 8.07. The van der Waals surface area contributed by atoms with Gasteiger partial charge in [-0.05, 0) is 25.8 Å². The van der Waals surface area contributed by atoms with E-state index in [4.69, 9.17) is 5.11 Å².